The molecule has 2 rings (SSSR count). The van der Waals surface area contributed by atoms with E-state index in [1.807, 2.05) is 6.92 Å². The monoisotopic (exact) mass is 293 g/mol. The van der Waals surface area contributed by atoms with E-state index in [0.29, 0.717) is 0 Å². The highest BCUT2D eigenvalue weighted by atomic mass is 79.9. The lowest BCUT2D eigenvalue weighted by atomic mass is 10.1. The van der Waals surface area contributed by atoms with E-state index in [-0.39, 0.29) is 0 Å². The maximum atomic E-state index is 4.28. The molecule has 0 saturated carbocycles. The van der Waals surface area contributed by atoms with Gasteiger partial charge in [-0.15, -0.1) is 0 Å². The second kappa shape index (κ2) is 4.92. The van der Waals surface area contributed by atoms with Crippen LogP contribution in [0.4, 0.5) is 5.69 Å². The van der Waals surface area contributed by atoms with E-state index < -0.39 is 0 Å². The van der Waals surface area contributed by atoms with E-state index in [1.165, 1.54) is 16.8 Å². The normalized spacial score (nSPS) is 10.6. The Labute approximate surface area is 110 Å². The van der Waals surface area contributed by atoms with Crippen molar-refractivity contribution in [3.8, 4) is 0 Å². The summed E-state index contributed by atoms with van der Waals surface area (Å²) in [4.78, 5) is 7.37. The van der Waals surface area contributed by atoms with E-state index >= 15 is 0 Å². The Kier molecular flexibility index (Phi) is 3.52. The first kappa shape index (κ1) is 12.2. The summed E-state index contributed by atoms with van der Waals surface area (Å²) in [5, 5.41) is 3.45. The molecular formula is C13H16BrN3. The molecular weight excluding hydrogens is 278 g/mol. The van der Waals surface area contributed by atoms with Gasteiger partial charge < -0.3 is 10.3 Å². The minimum Gasteiger partial charge on any atom is -0.379 e. The second-order valence-electron chi connectivity index (χ2n) is 4.24. The highest BCUT2D eigenvalue weighted by molar-refractivity contribution is 9.10. The van der Waals surface area contributed by atoms with Crippen LogP contribution in [0.15, 0.2) is 22.9 Å². The van der Waals surface area contributed by atoms with Crippen LogP contribution < -0.4 is 5.32 Å². The fraction of sp³-hybridized carbons (Fsp3) is 0.308. The first-order valence-corrected chi connectivity index (χ1v) is 6.36. The average Bonchev–Trinajstić information content (AvgIpc) is 2.62. The van der Waals surface area contributed by atoms with Gasteiger partial charge in [0.15, 0.2) is 0 Å². The van der Waals surface area contributed by atoms with Gasteiger partial charge in [-0.1, -0.05) is 15.9 Å². The molecule has 1 aromatic heterocycles. The minimum atomic E-state index is 0.749. The van der Waals surface area contributed by atoms with Gasteiger partial charge in [-0.25, -0.2) is 4.98 Å². The number of hydrogen-bond donors (Lipinski definition) is 2. The van der Waals surface area contributed by atoms with Gasteiger partial charge in [-0.05, 0) is 44.0 Å². The number of imidazole rings is 1. The molecule has 17 heavy (non-hydrogen) atoms. The van der Waals surface area contributed by atoms with Gasteiger partial charge in [0.1, 0.15) is 0 Å². The zero-order valence-electron chi connectivity index (χ0n) is 10.3. The van der Waals surface area contributed by atoms with Gasteiger partial charge in [-0.3, -0.25) is 0 Å². The molecule has 0 unspecified atom stereocenters. The molecule has 0 aliphatic rings. The Morgan fingerprint density at radius 3 is 2.41 bits per heavy atom. The lowest BCUT2D eigenvalue weighted by molar-refractivity contribution is 1.04. The standard InChI is InChI=1S/C13H16BrN3/c1-8-4-11(14)5-9(2)13(8)15-6-12-10(3)16-7-17-12/h4-5,7,15H,6H2,1-3H3,(H,16,17). The predicted octanol–water partition coefficient (Wildman–Crippen LogP) is 3.71. The molecule has 1 heterocycles. The fourth-order valence-electron chi connectivity index (χ4n) is 1.93. The van der Waals surface area contributed by atoms with Gasteiger partial charge >= 0.3 is 0 Å². The van der Waals surface area contributed by atoms with E-state index in [9.17, 15) is 0 Å². The van der Waals surface area contributed by atoms with Crippen molar-refractivity contribution >= 4 is 21.6 Å². The van der Waals surface area contributed by atoms with E-state index in [1.54, 1.807) is 6.33 Å². The summed E-state index contributed by atoms with van der Waals surface area (Å²) in [6.07, 6.45) is 1.73. The quantitative estimate of drug-likeness (QED) is 0.906. The van der Waals surface area contributed by atoms with Crippen molar-refractivity contribution in [2.75, 3.05) is 5.32 Å². The molecule has 0 bridgehead atoms. The fourth-order valence-corrected chi connectivity index (χ4v) is 2.61. The van der Waals surface area contributed by atoms with E-state index in [0.717, 1.165) is 22.4 Å². The molecule has 0 radical (unpaired) electrons. The molecule has 0 atom stereocenters. The zero-order valence-corrected chi connectivity index (χ0v) is 11.9. The van der Waals surface area contributed by atoms with Crippen molar-refractivity contribution < 1.29 is 0 Å². The van der Waals surface area contributed by atoms with Gasteiger partial charge in [0.05, 0.1) is 18.6 Å². The van der Waals surface area contributed by atoms with Crippen molar-refractivity contribution in [1.29, 1.82) is 0 Å². The van der Waals surface area contributed by atoms with Crippen LogP contribution in [0.25, 0.3) is 0 Å². The number of hydrogen-bond acceptors (Lipinski definition) is 2. The summed E-state index contributed by atoms with van der Waals surface area (Å²) in [5.74, 6) is 0. The van der Waals surface area contributed by atoms with Crippen LogP contribution >= 0.6 is 15.9 Å². The molecule has 0 aliphatic carbocycles. The number of aromatic nitrogens is 2. The van der Waals surface area contributed by atoms with Crippen LogP contribution in [0.3, 0.4) is 0 Å². The minimum absolute atomic E-state index is 0.749. The number of nitrogens with one attached hydrogen (secondary N) is 2. The van der Waals surface area contributed by atoms with Crippen LogP contribution in [0.5, 0.6) is 0 Å². The number of aryl methyl sites for hydroxylation is 3. The number of halogens is 1. The molecule has 90 valence electrons. The third-order valence-electron chi connectivity index (χ3n) is 2.86. The number of benzene rings is 1. The number of aromatic amines is 1. The SMILES string of the molecule is Cc1cc(Br)cc(C)c1NCc1nc[nH]c1C. The maximum Gasteiger partial charge on any atom is 0.0925 e. The first-order chi connectivity index (χ1) is 8.08. The summed E-state index contributed by atoms with van der Waals surface area (Å²) in [5.41, 5.74) is 5.85. The Morgan fingerprint density at radius 2 is 1.88 bits per heavy atom. The molecule has 3 nitrogen and oxygen atoms in total. The third kappa shape index (κ3) is 2.69. The average molecular weight is 294 g/mol. The van der Waals surface area contributed by atoms with Crippen LogP contribution in [-0.4, -0.2) is 9.97 Å². The molecule has 2 aromatic rings. The molecule has 0 spiro atoms. The first-order valence-electron chi connectivity index (χ1n) is 5.57. The van der Waals surface area contributed by atoms with Crippen LogP contribution in [0.2, 0.25) is 0 Å². The van der Waals surface area contributed by atoms with Gasteiger partial charge in [0.25, 0.3) is 0 Å². The molecule has 0 aliphatic heterocycles. The lowest BCUT2D eigenvalue weighted by Crippen LogP contribution is -2.04. The Bertz CT molecular complexity index is 508. The summed E-state index contributed by atoms with van der Waals surface area (Å²) < 4.78 is 1.12. The molecule has 0 amide bonds. The van der Waals surface area contributed by atoms with Gasteiger partial charge in [0, 0.05) is 15.9 Å². The largest absolute Gasteiger partial charge is 0.379 e. The van der Waals surface area contributed by atoms with Crippen molar-refractivity contribution in [3.05, 3.63) is 45.4 Å². The number of rotatable bonds is 3. The third-order valence-corrected chi connectivity index (χ3v) is 3.32. The van der Waals surface area contributed by atoms with Crippen molar-refractivity contribution in [3.63, 3.8) is 0 Å². The summed E-state index contributed by atoms with van der Waals surface area (Å²) in [6, 6.07) is 4.24. The molecule has 0 fully saturated rings. The van der Waals surface area contributed by atoms with Crippen molar-refractivity contribution in [2.45, 2.75) is 27.3 Å². The number of nitrogens with zero attached hydrogens (tertiary/aromatic N) is 1. The molecule has 1 aromatic carbocycles. The second-order valence-corrected chi connectivity index (χ2v) is 5.16. The van der Waals surface area contributed by atoms with Gasteiger partial charge in [0.2, 0.25) is 0 Å². The zero-order chi connectivity index (χ0) is 12.4. The summed E-state index contributed by atoms with van der Waals surface area (Å²) in [6.45, 7) is 7.00. The predicted molar refractivity (Wildman–Crippen MR) is 74.3 cm³/mol. The van der Waals surface area contributed by atoms with Crippen LogP contribution in [0, 0.1) is 20.8 Å². The summed E-state index contributed by atoms with van der Waals surface area (Å²) >= 11 is 3.50. The summed E-state index contributed by atoms with van der Waals surface area (Å²) in [7, 11) is 0. The molecule has 0 saturated heterocycles. The Hall–Kier alpha value is -1.29. The highest BCUT2D eigenvalue weighted by Crippen LogP contribution is 2.25. The number of H-pyrrole nitrogens is 1. The van der Waals surface area contributed by atoms with Crippen LogP contribution in [-0.2, 0) is 6.54 Å². The van der Waals surface area contributed by atoms with Crippen LogP contribution in [0.1, 0.15) is 22.5 Å². The van der Waals surface area contributed by atoms with Crippen molar-refractivity contribution in [2.24, 2.45) is 0 Å². The Balaban J connectivity index is 2.17. The topological polar surface area (TPSA) is 40.7 Å². The van der Waals surface area contributed by atoms with E-state index in [2.05, 4.69) is 57.2 Å². The van der Waals surface area contributed by atoms with E-state index in [4.69, 9.17) is 0 Å². The smallest absolute Gasteiger partial charge is 0.0925 e. The molecule has 2 N–H and O–H groups in total. The van der Waals surface area contributed by atoms with Crippen molar-refractivity contribution in [1.82, 2.24) is 9.97 Å². The highest BCUT2D eigenvalue weighted by Gasteiger charge is 2.06. The molecule has 4 heteroatoms. The van der Waals surface area contributed by atoms with Gasteiger partial charge in [-0.2, -0.15) is 0 Å². The lowest BCUT2D eigenvalue weighted by Gasteiger charge is -2.12. The Morgan fingerprint density at radius 1 is 1.24 bits per heavy atom. The number of anilines is 1. The maximum absolute atomic E-state index is 4.28.